The molecule has 0 spiro atoms. The molecule has 0 saturated carbocycles. The lowest BCUT2D eigenvalue weighted by Crippen LogP contribution is -2.41. The van der Waals surface area contributed by atoms with E-state index in [1.807, 2.05) is 31.0 Å². The van der Waals surface area contributed by atoms with Gasteiger partial charge in [-0.15, -0.1) is 0 Å². The number of ether oxygens (including phenoxy) is 1. The fraction of sp³-hybridized carbons (Fsp3) is 0.435. The summed E-state index contributed by atoms with van der Waals surface area (Å²) in [6.45, 7) is 7.32. The lowest BCUT2D eigenvalue weighted by Gasteiger charge is -2.20. The number of pyridine rings is 1. The Morgan fingerprint density at radius 2 is 1.94 bits per heavy atom. The third-order valence-electron chi connectivity index (χ3n) is 4.67. The van der Waals surface area contributed by atoms with Crippen LogP contribution in [0.1, 0.15) is 35.5 Å². The largest absolute Gasteiger partial charge is 0.462 e. The molecular weight excluding hydrogens is 410 g/mol. The fourth-order valence-electron chi connectivity index (χ4n) is 2.98. The Balaban J connectivity index is 1.83. The summed E-state index contributed by atoms with van der Waals surface area (Å²) in [5.41, 5.74) is 5.02. The van der Waals surface area contributed by atoms with Gasteiger partial charge in [-0.05, 0) is 50.7 Å². The van der Waals surface area contributed by atoms with E-state index in [4.69, 9.17) is 9.57 Å². The van der Waals surface area contributed by atoms with Crippen molar-refractivity contribution in [1.29, 1.82) is 0 Å². The Morgan fingerprint density at radius 3 is 2.69 bits per heavy atom. The molecule has 1 aromatic carbocycles. The summed E-state index contributed by atoms with van der Waals surface area (Å²) in [4.78, 5) is 36.1. The molecule has 9 heteroatoms. The molecule has 0 radical (unpaired) electrons. The molecule has 1 amide bonds. The van der Waals surface area contributed by atoms with Crippen LogP contribution in [-0.4, -0.2) is 61.6 Å². The van der Waals surface area contributed by atoms with E-state index in [1.165, 1.54) is 0 Å². The molecule has 0 saturated heterocycles. The third kappa shape index (κ3) is 8.26. The third-order valence-corrected chi connectivity index (χ3v) is 4.67. The van der Waals surface area contributed by atoms with Crippen molar-refractivity contribution in [1.82, 2.24) is 26.0 Å². The van der Waals surface area contributed by atoms with Gasteiger partial charge in [-0.1, -0.05) is 12.1 Å². The van der Waals surface area contributed by atoms with Gasteiger partial charge >= 0.3 is 5.97 Å². The van der Waals surface area contributed by atoms with Crippen LogP contribution in [0.2, 0.25) is 0 Å². The minimum atomic E-state index is -0.427. The van der Waals surface area contributed by atoms with E-state index in [1.54, 1.807) is 37.4 Å². The van der Waals surface area contributed by atoms with E-state index in [0.717, 1.165) is 17.8 Å². The second kappa shape index (κ2) is 14.1. The molecule has 0 atom stereocenters. The van der Waals surface area contributed by atoms with Crippen molar-refractivity contribution in [2.75, 3.05) is 39.8 Å². The zero-order valence-electron chi connectivity index (χ0n) is 19.0. The highest BCUT2D eigenvalue weighted by molar-refractivity contribution is 5.92. The van der Waals surface area contributed by atoms with Crippen molar-refractivity contribution >= 4 is 11.9 Å². The van der Waals surface area contributed by atoms with Crippen molar-refractivity contribution < 1.29 is 19.2 Å². The summed E-state index contributed by atoms with van der Waals surface area (Å²) in [6, 6.07) is 10.7. The standard InChI is InChI=1S/C23H33N5O4/c1-4-28(13-12-24-3)22(29)17-25-16-19-14-18(10-11-26-19)15-27-32-21-9-7-6-8-20(21)23(30)31-5-2/h6-11,14,24-25,27H,4-5,12-13,15-17H2,1-3H3. The number of amides is 1. The lowest BCUT2D eigenvalue weighted by atomic mass is 10.2. The summed E-state index contributed by atoms with van der Waals surface area (Å²) in [7, 11) is 1.87. The summed E-state index contributed by atoms with van der Waals surface area (Å²) in [6.07, 6.45) is 1.72. The average Bonchev–Trinajstić information content (AvgIpc) is 2.80. The maximum absolute atomic E-state index is 12.3. The van der Waals surface area contributed by atoms with Crippen LogP contribution in [-0.2, 0) is 22.6 Å². The summed E-state index contributed by atoms with van der Waals surface area (Å²) < 4.78 is 5.05. The quantitative estimate of drug-likeness (QED) is 0.298. The molecule has 174 valence electrons. The topological polar surface area (TPSA) is 105 Å². The second-order valence-corrected chi connectivity index (χ2v) is 6.98. The number of hydroxylamine groups is 1. The summed E-state index contributed by atoms with van der Waals surface area (Å²) in [5, 5.41) is 6.21. The number of aromatic nitrogens is 1. The van der Waals surface area contributed by atoms with Crippen LogP contribution in [0, 0.1) is 0 Å². The first-order valence-electron chi connectivity index (χ1n) is 10.8. The predicted molar refractivity (Wildman–Crippen MR) is 122 cm³/mol. The Hall–Kier alpha value is -3.01. The van der Waals surface area contributed by atoms with Crippen LogP contribution >= 0.6 is 0 Å². The fourth-order valence-corrected chi connectivity index (χ4v) is 2.98. The van der Waals surface area contributed by atoms with Gasteiger partial charge < -0.3 is 25.1 Å². The monoisotopic (exact) mass is 443 g/mol. The van der Waals surface area contributed by atoms with Crippen molar-refractivity contribution in [2.24, 2.45) is 0 Å². The predicted octanol–water partition coefficient (Wildman–Crippen LogP) is 1.50. The first-order chi connectivity index (χ1) is 15.6. The summed E-state index contributed by atoms with van der Waals surface area (Å²) in [5.74, 6) is 0.0395. The molecule has 0 aliphatic heterocycles. The van der Waals surface area contributed by atoms with E-state index in [9.17, 15) is 9.59 Å². The molecule has 0 aliphatic rings. The van der Waals surface area contributed by atoms with Crippen molar-refractivity contribution in [3.05, 3.63) is 59.4 Å². The minimum absolute atomic E-state index is 0.0641. The van der Waals surface area contributed by atoms with Crippen LogP contribution in [0.4, 0.5) is 0 Å². The molecule has 32 heavy (non-hydrogen) atoms. The van der Waals surface area contributed by atoms with E-state index < -0.39 is 5.97 Å². The van der Waals surface area contributed by atoms with E-state index in [0.29, 0.717) is 44.1 Å². The highest BCUT2D eigenvalue weighted by Crippen LogP contribution is 2.18. The molecule has 0 unspecified atom stereocenters. The smallest absolute Gasteiger partial charge is 0.342 e. The number of rotatable bonds is 14. The number of carbonyl (C=O) groups excluding carboxylic acids is 2. The summed E-state index contributed by atoms with van der Waals surface area (Å²) >= 11 is 0. The first-order valence-corrected chi connectivity index (χ1v) is 10.8. The number of benzene rings is 1. The van der Waals surface area contributed by atoms with Crippen LogP contribution in [0.5, 0.6) is 5.75 Å². The van der Waals surface area contributed by atoms with Crippen molar-refractivity contribution in [3.8, 4) is 5.75 Å². The number of hydrogen-bond acceptors (Lipinski definition) is 8. The lowest BCUT2D eigenvalue weighted by molar-refractivity contribution is -0.130. The van der Waals surface area contributed by atoms with Gasteiger partial charge in [-0.2, -0.15) is 5.48 Å². The molecule has 0 aliphatic carbocycles. The van der Waals surface area contributed by atoms with Gasteiger partial charge in [0.1, 0.15) is 5.56 Å². The van der Waals surface area contributed by atoms with Gasteiger partial charge in [0.25, 0.3) is 0 Å². The number of nitrogens with one attached hydrogen (secondary N) is 3. The molecule has 2 rings (SSSR count). The minimum Gasteiger partial charge on any atom is -0.462 e. The van der Waals surface area contributed by atoms with Gasteiger partial charge in [0.15, 0.2) is 5.75 Å². The molecule has 3 N–H and O–H groups in total. The molecule has 9 nitrogen and oxygen atoms in total. The highest BCUT2D eigenvalue weighted by atomic mass is 16.6. The molecular formula is C23H33N5O4. The Kier molecular flexibility index (Phi) is 11.1. The van der Waals surface area contributed by atoms with Gasteiger partial charge in [-0.25, -0.2) is 4.79 Å². The van der Waals surface area contributed by atoms with Crippen molar-refractivity contribution in [3.63, 3.8) is 0 Å². The molecule has 0 fully saturated rings. The van der Waals surface area contributed by atoms with Gasteiger partial charge in [0.2, 0.25) is 5.91 Å². The Labute approximate surface area is 189 Å². The van der Waals surface area contributed by atoms with Crippen molar-refractivity contribution in [2.45, 2.75) is 26.9 Å². The second-order valence-electron chi connectivity index (χ2n) is 6.98. The van der Waals surface area contributed by atoms with E-state index in [2.05, 4.69) is 21.1 Å². The number of likely N-dealkylation sites (N-methyl/N-ethyl adjacent to an activating group) is 2. The Bertz CT molecular complexity index is 862. The van der Waals surface area contributed by atoms with Gasteiger partial charge in [0, 0.05) is 32.4 Å². The molecule has 1 aromatic heterocycles. The van der Waals surface area contributed by atoms with Crippen LogP contribution < -0.4 is 21.0 Å². The number of hydrogen-bond donors (Lipinski definition) is 3. The first kappa shape index (κ1) is 25.3. The SMILES string of the molecule is CCOC(=O)c1ccccc1ONCc1ccnc(CNCC(=O)N(CC)CCNC)c1. The molecule has 0 bridgehead atoms. The van der Waals surface area contributed by atoms with Gasteiger partial charge in [0.05, 0.1) is 25.4 Å². The maximum Gasteiger partial charge on any atom is 0.342 e. The normalized spacial score (nSPS) is 10.6. The molecule has 2 aromatic rings. The van der Waals surface area contributed by atoms with Crippen LogP contribution in [0.3, 0.4) is 0 Å². The number of carbonyl (C=O) groups is 2. The van der Waals surface area contributed by atoms with Gasteiger partial charge in [-0.3, -0.25) is 9.78 Å². The maximum atomic E-state index is 12.3. The number of para-hydroxylation sites is 1. The number of nitrogens with zero attached hydrogens (tertiary/aromatic N) is 2. The zero-order chi connectivity index (χ0) is 23.2. The zero-order valence-corrected chi connectivity index (χ0v) is 19.0. The highest BCUT2D eigenvalue weighted by Gasteiger charge is 2.13. The molecule has 1 heterocycles. The number of esters is 1. The Morgan fingerprint density at radius 1 is 1.12 bits per heavy atom. The van der Waals surface area contributed by atoms with E-state index >= 15 is 0 Å². The van der Waals surface area contributed by atoms with E-state index in [-0.39, 0.29) is 12.5 Å². The van der Waals surface area contributed by atoms with Crippen LogP contribution in [0.25, 0.3) is 0 Å². The average molecular weight is 444 g/mol. The van der Waals surface area contributed by atoms with Crippen LogP contribution in [0.15, 0.2) is 42.6 Å².